The minimum atomic E-state index is -0.722. The Morgan fingerprint density at radius 3 is 2.59 bits per heavy atom. The van der Waals surface area contributed by atoms with E-state index in [2.05, 4.69) is 20.9 Å². The summed E-state index contributed by atoms with van der Waals surface area (Å²) in [5, 5.41) is 0. The zero-order chi connectivity index (χ0) is 24.2. The maximum absolute atomic E-state index is 13.6. The van der Waals surface area contributed by atoms with Gasteiger partial charge in [0.05, 0.1) is 36.5 Å². The molecule has 9 heteroatoms. The first-order valence-corrected chi connectivity index (χ1v) is 12.3. The molecule has 0 saturated carbocycles. The fraction of sp³-hybridized carbons (Fsp3) is 0.240. The minimum absolute atomic E-state index is 0.245. The van der Waals surface area contributed by atoms with Gasteiger partial charge in [0.25, 0.3) is 5.56 Å². The first kappa shape index (κ1) is 24.0. The van der Waals surface area contributed by atoms with Crippen molar-refractivity contribution in [3.8, 4) is 11.5 Å². The summed E-state index contributed by atoms with van der Waals surface area (Å²) >= 11 is 4.79. The highest BCUT2D eigenvalue weighted by Gasteiger charge is 2.31. The van der Waals surface area contributed by atoms with Gasteiger partial charge in [0, 0.05) is 10.7 Å². The van der Waals surface area contributed by atoms with Gasteiger partial charge in [0.15, 0.2) is 16.3 Å². The Hall–Kier alpha value is -3.17. The van der Waals surface area contributed by atoms with Gasteiger partial charge in [-0.1, -0.05) is 51.5 Å². The maximum Gasteiger partial charge on any atom is 0.337 e. The van der Waals surface area contributed by atoms with Crippen molar-refractivity contribution in [2.24, 2.45) is 4.99 Å². The van der Waals surface area contributed by atoms with Gasteiger partial charge in [-0.2, -0.15) is 0 Å². The monoisotopic (exact) mass is 542 g/mol. The van der Waals surface area contributed by atoms with E-state index >= 15 is 0 Å². The van der Waals surface area contributed by atoms with E-state index in [4.69, 9.17) is 14.2 Å². The molecule has 0 aliphatic carbocycles. The summed E-state index contributed by atoms with van der Waals surface area (Å²) in [5.41, 5.74) is 1.57. The topological polar surface area (TPSA) is 79.1 Å². The van der Waals surface area contributed by atoms with Crippen LogP contribution in [-0.2, 0) is 9.53 Å². The van der Waals surface area contributed by atoms with Crippen molar-refractivity contribution in [1.29, 1.82) is 0 Å². The van der Waals surface area contributed by atoms with Crippen molar-refractivity contribution in [3.05, 3.63) is 89.5 Å². The van der Waals surface area contributed by atoms with Crippen LogP contribution in [0.5, 0.6) is 11.5 Å². The zero-order valence-electron chi connectivity index (χ0n) is 18.9. The van der Waals surface area contributed by atoms with Crippen molar-refractivity contribution in [2.45, 2.75) is 19.9 Å². The lowest BCUT2D eigenvalue weighted by Gasteiger charge is -2.23. The molecule has 0 N–H and O–H groups in total. The standard InChI is InChI=1S/C25H23BrN2O5S/c1-4-32-19-11-10-16(12-20(19)33-5-2)22-17(24(30)31-3)14-27-25-28(22)23(29)21(34-25)13-15-8-6-7-9-18(15)26/h6-14,22H,4-5H2,1-3H3/b21-13-/t22-/m0/s1. The van der Waals surface area contributed by atoms with E-state index in [1.807, 2.05) is 50.3 Å². The van der Waals surface area contributed by atoms with E-state index in [0.29, 0.717) is 39.6 Å². The second-order valence-electron chi connectivity index (χ2n) is 7.27. The van der Waals surface area contributed by atoms with Crippen LogP contribution in [0.2, 0.25) is 0 Å². The van der Waals surface area contributed by atoms with Gasteiger partial charge in [-0.3, -0.25) is 9.36 Å². The van der Waals surface area contributed by atoms with Crippen molar-refractivity contribution in [3.63, 3.8) is 0 Å². The minimum Gasteiger partial charge on any atom is -0.490 e. The van der Waals surface area contributed by atoms with E-state index < -0.39 is 12.0 Å². The molecule has 176 valence electrons. The highest BCUT2D eigenvalue weighted by atomic mass is 79.9. The zero-order valence-corrected chi connectivity index (χ0v) is 21.3. The van der Waals surface area contributed by atoms with E-state index in [1.165, 1.54) is 29.2 Å². The number of aromatic nitrogens is 1. The van der Waals surface area contributed by atoms with Crippen molar-refractivity contribution < 1.29 is 19.0 Å². The number of hydrogen-bond acceptors (Lipinski definition) is 7. The Morgan fingerprint density at radius 1 is 1.15 bits per heavy atom. The second-order valence-corrected chi connectivity index (χ2v) is 9.13. The normalized spacial score (nSPS) is 15.2. The van der Waals surface area contributed by atoms with Crippen molar-refractivity contribution in [1.82, 2.24) is 4.57 Å². The van der Waals surface area contributed by atoms with Crippen LogP contribution in [0, 0.1) is 0 Å². The number of methoxy groups -OCH3 is 1. The lowest BCUT2D eigenvalue weighted by Crippen LogP contribution is -2.39. The number of carbonyl (C=O) groups excluding carboxylic acids is 1. The van der Waals surface area contributed by atoms with Gasteiger partial charge in [-0.15, -0.1) is 0 Å². The van der Waals surface area contributed by atoms with Gasteiger partial charge >= 0.3 is 5.97 Å². The average molecular weight is 543 g/mol. The molecule has 3 aromatic rings. The van der Waals surface area contributed by atoms with Gasteiger partial charge in [-0.05, 0) is 49.2 Å². The summed E-state index contributed by atoms with van der Waals surface area (Å²) in [6.45, 7) is 4.70. The average Bonchev–Trinajstić information content (AvgIpc) is 3.16. The number of thiazole rings is 1. The molecule has 1 atom stereocenters. The molecule has 1 aliphatic rings. The third kappa shape index (κ3) is 4.58. The number of esters is 1. The third-order valence-electron chi connectivity index (χ3n) is 5.20. The van der Waals surface area contributed by atoms with Crippen LogP contribution < -0.4 is 24.4 Å². The SMILES string of the molecule is CCOc1ccc([C@H]2C(C(=O)OC)=CN=c3s/c(=C\c4ccccc4Br)c(=O)n32)cc1OCC. The third-order valence-corrected chi connectivity index (χ3v) is 6.92. The molecule has 2 aromatic carbocycles. The summed E-state index contributed by atoms with van der Waals surface area (Å²) in [6, 6.07) is 12.3. The van der Waals surface area contributed by atoms with Crippen molar-refractivity contribution >= 4 is 39.3 Å². The number of nitrogens with zero attached hydrogens (tertiary/aromatic N) is 2. The molecule has 34 heavy (non-hydrogen) atoms. The molecule has 0 bridgehead atoms. The molecule has 0 unspecified atom stereocenters. The number of benzene rings is 2. The maximum atomic E-state index is 13.6. The van der Waals surface area contributed by atoms with Crippen LogP contribution in [0.4, 0.5) is 0 Å². The Bertz CT molecular complexity index is 1440. The highest BCUT2D eigenvalue weighted by Crippen LogP contribution is 2.35. The molecular formula is C25H23BrN2O5S. The molecular weight excluding hydrogens is 520 g/mol. The predicted molar refractivity (Wildman–Crippen MR) is 134 cm³/mol. The number of halogens is 1. The molecule has 7 nitrogen and oxygen atoms in total. The molecule has 0 fully saturated rings. The van der Waals surface area contributed by atoms with Crippen molar-refractivity contribution in [2.75, 3.05) is 20.3 Å². The first-order chi connectivity index (χ1) is 16.5. The molecule has 0 radical (unpaired) electrons. The van der Waals surface area contributed by atoms with E-state index in [0.717, 1.165) is 10.0 Å². The number of ether oxygens (including phenoxy) is 3. The lowest BCUT2D eigenvalue weighted by atomic mass is 9.97. The molecule has 4 rings (SSSR count). The van der Waals surface area contributed by atoms with Crippen LogP contribution in [0.1, 0.15) is 31.0 Å². The number of rotatable bonds is 7. The smallest absolute Gasteiger partial charge is 0.337 e. The molecule has 1 aromatic heterocycles. The highest BCUT2D eigenvalue weighted by molar-refractivity contribution is 9.10. The first-order valence-electron chi connectivity index (χ1n) is 10.7. The van der Waals surface area contributed by atoms with Crippen LogP contribution in [-0.4, -0.2) is 30.9 Å². The summed E-state index contributed by atoms with van der Waals surface area (Å²) in [4.78, 5) is 31.1. The quantitative estimate of drug-likeness (QED) is 0.426. The Balaban J connectivity index is 1.92. The van der Waals surface area contributed by atoms with Crippen LogP contribution in [0.25, 0.3) is 6.08 Å². The van der Waals surface area contributed by atoms with E-state index in [-0.39, 0.29) is 11.1 Å². The Labute approximate surface area is 208 Å². The van der Waals surface area contributed by atoms with Crippen LogP contribution in [0.15, 0.2) is 68.5 Å². The predicted octanol–water partition coefficient (Wildman–Crippen LogP) is 3.58. The summed E-state index contributed by atoms with van der Waals surface area (Å²) in [7, 11) is 1.31. The Kier molecular flexibility index (Phi) is 7.33. The fourth-order valence-corrected chi connectivity index (χ4v) is 5.08. The lowest BCUT2D eigenvalue weighted by molar-refractivity contribution is -0.136. The number of fused-ring (bicyclic) bond motifs is 1. The van der Waals surface area contributed by atoms with Gasteiger partial charge < -0.3 is 14.2 Å². The summed E-state index contributed by atoms with van der Waals surface area (Å²) in [6.07, 6.45) is 3.29. The molecule has 1 aliphatic heterocycles. The van der Waals surface area contributed by atoms with Gasteiger partial charge in [0.1, 0.15) is 0 Å². The molecule has 0 spiro atoms. The summed E-state index contributed by atoms with van der Waals surface area (Å²) < 4.78 is 19.4. The molecule has 0 saturated heterocycles. The molecule has 2 heterocycles. The van der Waals surface area contributed by atoms with Gasteiger partial charge in [0.2, 0.25) is 0 Å². The molecule has 0 amide bonds. The Morgan fingerprint density at radius 2 is 1.88 bits per heavy atom. The van der Waals surface area contributed by atoms with Gasteiger partial charge in [-0.25, -0.2) is 9.79 Å². The largest absolute Gasteiger partial charge is 0.490 e. The fourth-order valence-electron chi connectivity index (χ4n) is 3.72. The summed E-state index contributed by atoms with van der Waals surface area (Å²) in [5.74, 6) is 0.581. The van der Waals surface area contributed by atoms with Crippen LogP contribution in [0.3, 0.4) is 0 Å². The van der Waals surface area contributed by atoms with E-state index in [1.54, 1.807) is 12.1 Å². The van der Waals surface area contributed by atoms with E-state index in [9.17, 15) is 9.59 Å². The second kappa shape index (κ2) is 10.4. The number of carbonyl (C=O) groups is 1. The van der Waals surface area contributed by atoms with Crippen LogP contribution >= 0.6 is 27.3 Å². The number of hydrogen-bond donors (Lipinski definition) is 0.